The predicted molar refractivity (Wildman–Crippen MR) is 57.8 cm³/mol. The largest absolute Gasteiger partial charge is 0.496 e. The van der Waals surface area contributed by atoms with E-state index in [-0.39, 0.29) is 5.82 Å². The Morgan fingerprint density at radius 2 is 2.00 bits per heavy atom. The lowest BCUT2D eigenvalue weighted by atomic mass is 9.99. The molecule has 15 heavy (non-hydrogen) atoms. The zero-order chi connectivity index (χ0) is 11.6. The summed E-state index contributed by atoms with van der Waals surface area (Å²) in [5.74, 6) is 0.291. The van der Waals surface area contributed by atoms with Crippen LogP contribution in [0, 0.1) is 19.7 Å². The van der Waals surface area contributed by atoms with Crippen molar-refractivity contribution in [1.29, 1.82) is 0 Å². The van der Waals surface area contributed by atoms with Crippen molar-refractivity contribution in [2.45, 2.75) is 33.3 Å². The highest BCUT2D eigenvalue weighted by Crippen LogP contribution is 2.29. The van der Waals surface area contributed by atoms with E-state index in [2.05, 4.69) is 0 Å². The Morgan fingerprint density at radius 1 is 1.40 bits per heavy atom. The molecule has 0 aromatic heterocycles. The van der Waals surface area contributed by atoms with E-state index >= 15 is 0 Å². The minimum atomic E-state index is -0.476. The van der Waals surface area contributed by atoms with Crippen molar-refractivity contribution in [1.82, 2.24) is 0 Å². The van der Waals surface area contributed by atoms with Crippen LogP contribution in [0.25, 0.3) is 0 Å². The molecule has 1 N–H and O–H groups in total. The summed E-state index contributed by atoms with van der Waals surface area (Å²) in [6, 6.07) is 1.47. The molecule has 0 aliphatic rings. The number of methoxy groups -OCH3 is 1. The highest BCUT2D eigenvalue weighted by molar-refractivity contribution is 5.46. The number of benzene rings is 1. The smallest absolute Gasteiger partial charge is 0.130 e. The van der Waals surface area contributed by atoms with Crippen LogP contribution in [0.3, 0.4) is 0 Å². The Bertz CT molecular complexity index is 359. The average Bonchev–Trinajstić information content (AvgIpc) is 2.14. The van der Waals surface area contributed by atoms with Crippen LogP contribution >= 0.6 is 0 Å². The summed E-state index contributed by atoms with van der Waals surface area (Å²) in [6.07, 6.45) is -0.0325. The minimum absolute atomic E-state index is 0.284. The molecule has 1 atom stereocenters. The molecule has 84 valence electrons. The van der Waals surface area contributed by atoms with E-state index in [1.165, 1.54) is 13.2 Å². The Kier molecular flexibility index (Phi) is 3.69. The normalized spacial score (nSPS) is 12.7. The van der Waals surface area contributed by atoms with Crippen LogP contribution in [0.5, 0.6) is 5.75 Å². The molecule has 0 radical (unpaired) electrons. The van der Waals surface area contributed by atoms with E-state index in [9.17, 15) is 9.50 Å². The van der Waals surface area contributed by atoms with Gasteiger partial charge in [0.2, 0.25) is 0 Å². The second kappa shape index (κ2) is 4.62. The lowest BCUT2D eigenvalue weighted by molar-refractivity contribution is 0.195. The second-order valence-electron chi connectivity index (χ2n) is 3.85. The first kappa shape index (κ1) is 12.0. The standard InChI is InChI=1S/C12H17FO2/c1-7(14)5-10-6-11(13)9(3)12(15-4)8(10)2/h6-7,14H,5H2,1-4H3. The molecule has 0 heterocycles. The summed E-state index contributed by atoms with van der Waals surface area (Å²) < 4.78 is 18.7. The Balaban J connectivity index is 3.24. The van der Waals surface area contributed by atoms with Crippen molar-refractivity contribution in [3.05, 3.63) is 28.6 Å². The van der Waals surface area contributed by atoms with Gasteiger partial charge in [-0.1, -0.05) is 0 Å². The molecule has 1 unspecified atom stereocenters. The van der Waals surface area contributed by atoms with Crippen LogP contribution < -0.4 is 4.74 Å². The summed E-state index contributed by atoms with van der Waals surface area (Å²) >= 11 is 0. The molecule has 3 heteroatoms. The zero-order valence-electron chi connectivity index (χ0n) is 9.60. The molecule has 1 aromatic rings. The molecule has 2 nitrogen and oxygen atoms in total. The van der Waals surface area contributed by atoms with E-state index in [0.717, 1.165) is 11.1 Å². The molecule has 1 rings (SSSR count). The molecule has 0 amide bonds. The Labute approximate surface area is 89.7 Å². The van der Waals surface area contributed by atoms with Gasteiger partial charge in [-0.3, -0.25) is 0 Å². The third-order valence-corrected chi connectivity index (χ3v) is 2.54. The molecule has 0 spiro atoms. The molecule has 0 aliphatic heterocycles. The Morgan fingerprint density at radius 3 is 2.47 bits per heavy atom. The van der Waals surface area contributed by atoms with Gasteiger partial charge >= 0.3 is 0 Å². The van der Waals surface area contributed by atoms with Gasteiger partial charge in [-0.2, -0.15) is 0 Å². The quantitative estimate of drug-likeness (QED) is 0.833. The van der Waals surface area contributed by atoms with Crippen LogP contribution in [0.1, 0.15) is 23.6 Å². The van der Waals surface area contributed by atoms with Gasteiger partial charge in [0, 0.05) is 5.56 Å². The van der Waals surface area contributed by atoms with Crippen LogP contribution in [-0.4, -0.2) is 18.3 Å². The fourth-order valence-corrected chi connectivity index (χ4v) is 1.74. The SMILES string of the molecule is COc1c(C)c(F)cc(CC(C)O)c1C. The Hall–Kier alpha value is -1.09. The number of hydrogen-bond donors (Lipinski definition) is 1. The summed E-state index contributed by atoms with van der Waals surface area (Å²) in [5.41, 5.74) is 2.21. The van der Waals surface area contributed by atoms with Crippen LogP contribution in [0.4, 0.5) is 4.39 Å². The van der Waals surface area contributed by atoms with Crippen LogP contribution in [-0.2, 0) is 6.42 Å². The van der Waals surface area contributed by atoms with Gasteiger partial charge in [0.05, 0.1) is 13.2 Å². The summed E-state index contributed by atoms with van der Waals surface area (Å²) in [6.45, 7) is 5.25. The first-order valence-corrected chi connectivity index (χ1v) is 4.98. The van der Waals surface area contributed by atoms with Crippen LogP contribution in [0.2, 0.25) is 0 Å². The van der Waals surface area contributed by atoms with E-state index in [1.807, 2.05) is 6.92 Å². The molecular formula is C12H17FO2. The second-order valence-corrected chi connectivity index (χ2v) is 3.85. The van der Waals surface area contributed by atoms with Crippen molar-refractivity contribution in [3.63, 3.8) is 0 Å². The molecule has 1 aromatic carbocycles. The van der Waals surface area contributed by atoms with E-state index in [0.29, 0.717) is 17.7 Å². The van der Waals surface area contributed by atoms with Gasteiger partial charge in [-0.15, -0.1) is 0 Å². The lowest BCUT2D eigenvalue weighted by Crippen LogP contribution is -2.08. The third-order valence-electron chi connectivity index (χ3n) is 2.54. The van der Waals surface area contributed by atoms with Crippen molar-refractivity contribution in [3.8, 4) is 5.75 Å². The molecule has 0 aliphatic carbocycles. The highest BCUT2D eigenvalue weighted by Gasteiger charge is 2.14. The maximum absolute atomic E-state index is 13.5. The number of halogens is 1. The summed E-state index contributed by atoms with van der Waals surface area (Å²) in [7, 11) is 1.53. The van der Waals surface area contributed by atoms with Gasteiger partial charge in [-0.05, 0) is 44.4 Å². The molecule has 0 saturated heterocycles. The molecule has 0 bridgehead atoms. The first-order chi connectivity index (χ1) is 6.97. The fraction of sp³-hybridized carbons (Fsp3) is 0.500. The maximum Gasteiger partial charge on any atom is 0.130 e. The summed E-state index contributed by atoms with van der Waals surface area (Å²) in [5, 5.41) is 9.29. The van der Waals surface area contributed by atoms with Crippen LogP contribution in [0.15, 0.2) is 6.07 Å². The zero-order valence-corrected chi connectivity index (χ0v) is 9.60. The van der Waals surface area contributed by atoms with Crippen molar-refractivity contribution in [2.24, 2.45) is 0 Å². The van der Waals surface area contributed by atoms with Gasteiger partial charge in [0.25, 0.3) is 0 Å². The predicted octanol–water partition coefficient (Wildman–Crippen LogP) is 2.37. The van der Waals surface area contributed by atoms with Gasteiger partial charge in [0.15, 0.2) is 0 Å². The van der Waals surface area contributed by atoms with Crippen molar-refractivity contribution >= 4 is 0 Å². The van der Waals surface area contributed by atoms with Gasteiger partial charge < -0.3 is 9.84 Å². The number of aliphatic hydroxyl groups excluding tert-OH is 1. The van der Waals surface area contributed by atoms with Gasteiger partial charge in [0.1, 0.15) is 11.6 Å². The highest BCUT2D eigenvalue weighted by atomic mass is 19.1. The first-order valence-electron chi connectivity index (χ1n) is 4.98. The topological polar surface area (TPSA) is 29.5 Å². The van der Waals surface area contributed by atoms with Gasteiger partial charge in [-0.25, -0.2) is 4.39 Å². The lowest BCUT2D eigenvalue weighted by Gasteiger charge is -2.15. The molecule has 0 saturated carbocycles. The minimum Gasteiger partial charge on any atom is -0.496 e. The monoisotopic (exact) mass is 212 g/mol. The van der Waals surface area contributed by atoms with Crippen molar-refractivity contribution < 1.29 is 14.2 Å². The van der Waals surface area contributed by atoms with E-state index in [4.69, 9.17) is 4.74 Å². The molecular weight excluding hydrogens is 195 g/mol. The fourth-order valence-electron chi connectivity index (χ4n) is 1.74. The average molecular weight is 212 g/mol. The maximum atomic E-state index is 13.5. The molecule has 0 fully saturated rings. The number of ether oxygens (including phenoxy) is 1. The number of rotatable bonds is 3. The summed E-state index contributed by atoms with van der Waals surface area (Å²) in [4.78, 5) is 0. The van der Waals surface area contributed by atoms with E-state index < -0.39 is 6.10 Å². The number of aliphatic hydroxyl groups is 1. The third kappa shape index (κ3) is 2.48. The van der Waals surface area contributed by atoms with Crippen molar-refractivity contribution in [2.75, 3.05) is 7.11 Å². The number of hydrogen-bond acceptors (Lipinski definition) is 2. The van der Waals surface area contributed by atoms with E-state index in [1.54, 1.807) is 13.8 Å².